The lowest BCUT2D eigenvalue weighted by Crippen LogP contribution is -2.40. The Bertz CT molecular complexity index is 910. The van der Waals surface area contributed by atoms with Crippen molar-refractivity contribution < 1.29 is 22.7 Å². The molecule has 2 aromatic rings. The van der Waals surface area contributed by atoms with Crippen LogP contribution in [-0.2, 0) is 26.1 Å². The predicted molar refractivity (Wildman–Crippen MR) is 93.7 cm³/mol. The van der Waals surface area contributed by atoms with Gasteiger partial charge in [-0.25, -0.2) is 18.2 Å². The number of halogens is 2. The summed E-state index contributed by atoms with van der Waals surface area (Å²) in [4.78, 5) is 18.7. The van der Waals surface area contributed by atoms with E-state index < -0.39 is 16.0 Å². The van der Waals surface area contributed by atoms with E-state index in [1.807, 2.05) is 0 Å². The Balaban J connectivity index is 1.69. The van der Waals surface area contributed by atoms with E-state index in [4.69, 9.17) is 32.7 Å². The van der Waals surface area contributed by atoms with Crippen molar-refractivity contribution in [3.8, 4) is 0 Å². The Kier molecular flexibility index (Phi) is 5.83. The van der Waals surface area contributed by atoms with Crippen LogP contribution >= 0.6 is 23.2 Å². The van der Waals surface area contributed by atoms with Crippen molar-refractivity contribution in [1.82, 2.24) is 14.3 Å². The Morgan fingerprint density at radius 1 is 1.31 bits per heavy atom. The summed E-state index contributed by atoms with van der Waals surface area (Å²) < 4.78 is 36.7. The first-order valence-corrected chi connectivity index (χ1v) is 9.82. The molecule has 1 fully saturated rings. The number of esters is 1. The molecule has 0 spiro atoms. The number of nitrogens with zero attached hydrogens (tertiary/aromatic N) is 2. The molecule has 3 heterocycles. The molecule has 1 N–H and O–H groups in total. The highest BCUT2D eigenvalue weighted by Crippen LogP contribution is 2.20. The zero-order valence-electron chi connectivity index (χ0n) is 13.4. The zero-order valence-corrected chi connectivity index (χ0v) is 15.8. The van der Waals surface area contributed by atoms with E-state index in [1.54, 1.807) is 6.07 Å². The van der Waals surface area contributed by atoms with Crippen LogP contribution < -0.4 is 0 Å². The molecule has 8 nitrogen and oxygen atoms in total. The standard InChI is InChI=1S/C15H15Cl2N3O5S/c16-11-1-2-14(17)19-13(11)9-25-15(21)12-7-10(8-18-12)26(22,23)20-3-5-24-6-4-20/h1-2,7-8,18H,3-6,9H2. The normalized spacial score (nSPS) is 15.8. The average Bonchev–Trinajstić information content (AvgIpc) is 3.14. The van der Waals surface area contributed by atoms with Crippen molar-refractivity contribution >= 4 is 39.2 Å². The number of ether oxygens (including phenoxy) is 2. The molecule has 11 heteroatoms. The quantitative estimate of drug-likeness (QED) is 0.587. The first-order valence-electron chi connectivity index (χ1n) is 7.62. The van der Waals surface area contributed by atoms with E-state index >= 15 is 0 Å². The van der Waals surface area contributed by atoms with Crippen LogP contribution in [0.1, 0.15) is 16.2 Å². The number of rotatable bonds is 5. The summed E-state index contributed by atoms with van der Waals surface area (Å²) in [6.07, 6.45) is 1.26. The predicted octanol–water partition coefficient (Wildman–Crippen LogP) is 2.09. The fourth-order valence-corrected chi connectivity index (χ4v) is 4.08. The molecule has 1 aliphatic heterocycles. The minimum atomic E-state index is -3.69. The number of nitrogens with one attached hydrogen (secondary N) is 1. The third kappa shape index (κ3) is 4.18. The fraction of sp³-hybridized carbons (Fsp3) is 0.333. The third-order valence-corrected chi connectivity index (χ3v) is 6.14. The number of aromatic amines is 1. The smallest absolute Gasteiger partial charge is 0.355 e. The van der Waals surface area contributed by atoms with Crippen LogP contribution in [0.3, 0.4) is 0 Å². The van der Waals surface area contributed by atoms with Crippen molar-refractivity contribution in [1.29, 1.82) is 0 Å². The van der Waals surface area contributed by atoms with Crippen molar-refractivity contribution in [2.75, 3.05) is 26.3 Å². The summed E-state index contributed by atoms with van der Waals surface area (Å²) in [7, 11) is -3.69. The van der Waals surface area contributed by atoms with Crippen LogP contribution in [0.15, 0.2) is 29.3 Å². The number of carbonyl (C=O) groups excluding carboxylic acids is 1. The van der Waals surface area contributed by atoms with E-state index in [9.17, 15) is 13.2 Å². The second kappa shape index (κ2) is 7.93. The Hall–Kier alpha value is -1.65. The average molecular weight is 420 g/mol. The molecule has 0 amide bonds. The molecule has 0 saturated carbocycles. The molecular formula is C15H15Cl2N3O5S. The van der Waals surface area contributed by atoms with Crippen molar-refractivity contribution in [2.24, 2.45) is 0 Å². The topological polar surface area (TPSA) is 102 Å². The highest BCUT2D eigenvalue weighted by molar-refractivity contribution is 7.89. The maximum Gasteiger partial charge on any atom is 0.355 e. The van der Waals surface area contributed by atoms with Crippen molar-refractivity contribution in [2.45, 2.75) is 11.5 Å². The molecule has 1 aliphatic rings. The molecule has 140 valence electrons. The fourth-order valence-electron chi connectivity index (χ4n) is 2.35. The summed E-state index contributed by atoms with van der Waals surface area (Å²) in [6.45, 7) is 1.03. The van der Waals surface area contributed by atoms with Gasteiger partial charge in [0.05, 0.1) is 23.9 Å². The summed E-state index contributed by atoms with van der Waals surface area (Å²) in [6, 6.07) is 4.30. The van der Waals surface area contributed by atoms with Gasteiger partial charge < -0.3 is 14.5 Å². The number of aromatic nitrogens is 2. The molecule has 26 heavy (non-hydrogen) atoms. The Labute approximate surface area is 160 Å². The lowest BCUT2D eigenvalue weighted by atomic mass is 10.3. The minimum absolute atomic E-state index is 0.00902. The second-order valence-corrected chi connectivity index (χ2v) is 8.14. The molecular weight excluding hydrogens is 405 g/mol. The number of hydrogen-bond donors (Lipinski definition) is 1. The van der Waals surface area contributed by atoms with Crippen LogP contribution in [0, 0.1) is 0 Å². The number of H-pyrrole nitrogens is 1. The molecule has 0 atom stereocenters. The van der Waals surface area contributed by atoms with Gasteiger partial charge in [0.1, 0.15) is 22.3 Å². The van der Waals surface area contributed by atoms with Gasteiger partial charge in [-0.05, 0) is 18.2 Å². The molecule has 0 unspecified atom stereocenters. The van der Waals surface area contributed by atoms with Gasteiger partial charge in [-0.1, -0.05) is 23.2 Å². The van der Waals surface area contributed by atoms with Gasteiger partial charge in [0.15, 0.2) is 0 Å². The Morgan fingerprint density at radius 3 is 2.77 bits per heavy atom. The van der Waals surface area contributed by atoms with Crippen LogP contribution in [0.25, 0.3) is 0 Å². The summed E-state index contributed by atoms with van der Waals surface area (Å²) in [5, 5.41) is 0.531. The number of hydrogen-bond acceptors (Lipinski definition) is 6. The largest absolute Gasteiger partial charge is 0.454 e. The lowest BCUT2D eigenvalue weighted by Gasteiger charge is -2.25. The molecule has 2 aromatic heterocycles. The monoisotopic (exact) mass is 419 g/mol. The van der Waals surface area contributed by atoms with Crippen LogP contribution in [-0.4, -0.2) is 55.0 Å². The summed E-state index contributed by atoms with van der Waals surface area (Å²) in [5.74, 6) is -0.730. The van der Waals surface area contributed by atoms with Crippen LogP contribution in [0.4, 0.5) is 0 Å². The third-order valence-electron chi connectivity index (χ3n) is 3.71. The van der Waals surface area contributed by atoms with Crippen LogP contribution in [0.2, 0.25) is 10.2 Å². The van der Waals surface area contributed by atoms with Gasteiger partial charge in [-0.2, -0.15) is 4.31 Å². The van der Waals surface area contributed by atoms with E-state index in [0.717, 1.165) is 0 Å². The minimum Gasteiger partial charge on any atom is -0.454 e. The first-order chi connectivity index (χ1) is 12.4. The van der Waals surface area contributed by atoms with E-state index in [2.05, 4.69) is 9.97 Å². The molecule has 1 saturated heterocycles. The molecule has 0 radical (unpaired) electrons. The maximum atomic E-state index is 12.5. The van der Waals surface area contributed by atoms with E-state index in [0.29, 0.717) is 23.9 Å². The van der Waals surface area contributed by atoms with Crippen molar-refractivity contribution in [3.05, 3.63) is 46.0 Å². The second-order valence-electron chi connectivity index (χ2n) is 5.40. The highest BCUT2D eigenvalue weighted by atomic mass is 35.5. The molecule has 0 bridgehead atoms. The van der Waals surface area contributed by atoms with Crippen molar-refractivity contribution in [3.63, 3.8) is 0 Å². The Morgan fingerprint density at radius 2 is 2.04 bits per heavy atom. The summed E-state index contributed by atoms with van der Waals surface area (Å²) >= 11 is 11.7. The van der Waals surface area contributed by atoms with E-state index in [1.165, 1.54) is 22.6 Å². The van der Waals surface area contributed by atoms with Gasteiger partial charge in [0, 0.05) is 19.3 Å². The van der Waals surface area contributed by atoms with Gasteiger partial charge in [0.25, 0.3) is 0 Å². The number of sulfonamides is 1. The highest BCUT2D eigenvalue weighted by Gasteiger charge is 2.28. The number of pyridine rings is 1. The molecule has 0 aromatic carbocycles. The zero-order chi connectivity index (χ0) is 18.7. The van der Waals surface area contributed by atoms with Gasteiger partial charge >= 0.3 is 5.97 Å². The SMILES string of the molecule is O=C(OCc1nc(Cl)ccc1Cl)c1cc(S(=O)(=O)N2CCOCC2)c[nH]1. The van der Waals surface area contributed by atoms with E-state index in [-0.39, 0.29) is 35.4 Å². The van der Waals surface area contributed by atoms with Gasteiger partial charge in [-0.15, -0.1) is 0 Å². The van der Waals surface area contributed by atoms with Crippen LogP contribution in [0.5, 0.6) is 0 Å². The lowest BCUT2D eigenvalue weighted by molar-refractivity contribution is 0.0461. The molecule has 0 aliphatic carbocycles. The van der Waals surface area contributed by atoms with Gasteiger partial charge in [0.2, 0.25) is 10.0 Å². The number of carbonyl (C=O) groups is 1. The molecule has 3 rings (SSSR count). The number of morpholine rings is 1. The van der Waals surface area contributed by atoms with Gasteiger partial charge in [-0.3, -0.25) is 0 Å². The first kappa shape index (κ1) is 19.1. The maximum absolute atomic E-state index is 12.5. The summed E-state index contributed by atoms with van der Waals surface area (Å²) in [5.41, 5.74) is 0.315.